The minimum absolute atomic E-state index is 0.0654. The molecular weight excluding hydrogens is 288 g/mol. The van der Waals surface area contributed by atoms with E-state index < -0.39 is 10.0 Å². The van der Waals surface area contributed by atoms with Crippen LogP contribution in [0.2, 0.25) is 5.02 Å². The average Bonchev–Trinajstić information content (AvgIpc) is 2.35. The molecule has 108 valence electrons. The summed E-state index contributed by atoms with van der Waals surface area (Å²) < 4.78 is 31.8. The molecule has 1 aromatic carbocycles. The van der Waals surface area contributed by atoms with Gasteiger partial charge in [0.15, 0.2) is 0 Å². The lowest BCUT2D eigenvalue weighted by Crippen LogP contribution is -2.33. The van der Waals surface area contributed by atoms with E-state index in [0.29, 0.717) is 19.6 Å². The fourth-order valence-corrected chi connectivity index (χ4v) is 3.42. The van der Waals surface area contributed by atoms with E-state index in [-0.39, 0.29) is 16.0 Å². The molecule has 3 N–H and O–H groups in total. The van der Waals surface area contributed by atoms with Crippen molar-refractivity contribution in [3.05, 3.63) is 28.8 Å². The normalized spacial score (nSPS) is 13.5. The fourth-order valence-electron chi connectivity index (χ4n) is 1.57. The maximum atomic E-state index is 12.2. The summed E-state index contributed by atoms with van der Waals surface area (Å²) in [6.45, 7) is 2.58. The number of nitrogens with one attached hydrogen (secondary N) is 1. The second-order valence-corrected chi connectivity index (χ2v) is 6.36. The molecule has 0 heterocycles. The molecule has 0 bridgehead atoms. The molecule has 0 aliphatic rings. The molecule has 0 aliphatic heterocycles. The first-order chi connectivity index (χ1) is 8.90. The van der Waals surface area contributed by atoms with Gasteiger partial charge in [-0.25, -0.2) is 13.1 Å². The fraction of sp³-hybridized carbons (Fsp3) is 0.500. The third kappa shape index (κ3) is 4.74. The summed E-state index contributed by atoms with van der Waals surface area (Å²) in [4.78, 5) is 0.0654. The van der Waals surface area contributed by atoms with Crippen molar-refractivity contribution >= 4 is 21.6 Å². The molecule has 0 spiro atoms. The Morgan fingerprint density at radius 2 is 2.16 bits per heavy atom. The average molecular weight is 307 g/mol. The molecule has 19 heavy (non-hydrogen) atoms. The number of methoxy groups -OCH3 is 1. The summed E-state index contributed by atoms with van der Waals surface area (Å²) in [6.07, 6.45) is 0.592. The van der Waals surface area contributed by atoms with E-state index in [4.69, 9.17) is 22.1 Å². The van der Waals surface area contributed by atoms with Crippen molar-refractivity contribution in [2.24, 2.45) is 5.73 Å². The Kier molecular flexibility index (Phi) is 6.22. The Morgan fingerprint density at radius 3 is 2.68 bits per heavy atom. The second kappa shape index (κ2) is 7.21. The molecule has 0 saturated heterocycles. The topological polar surface area (TPSA) is 81.4 Å². The van der Waals surface area contributed by atoms with E-state index in [1.165, 1.54) is 6.07 Å². The van der Waals surface area contributed by atoms with Crippen molar-refractivity contribution < 1.29 is 13.2 Å². The first-order valence-corrected chi connectivity index (χ1v) is 7.76. The predicted octanol–water partition coefficient (Wildman–Crippen LogP) is 1.50. The van der Waals surface area contributed by atoms with Crippen molar-refractivity contribution in [1.82, 2.24) is 4.72 Å². The van der Waals surface area contributed by atoms with Crippen LogP contribution in [0, 0.1) is 0 Å². The van der Waals surface area contributed by atoms with Gasteiger partial charge < -0.3 is 10.5 Å². The van der Waals surface area contributed by atoms with Crippen LogP contribution in [-0.4, -0.2) is 28.2 Å². The summed E-state index contributed by atoms with van der Waals surface area (Å²) in [5.41, 5.74) is 6.26. The van der Waals surface area contributed by atoms with Gasteiger partial charge in [0.1, 0.15) is 4.90 Å². The Balaban J connectivity index is 2.88. The summed E-state index contributed by atoms with van der Waals surface area (Å²) in [6, 6.07) is 4.46. The van der Waals surface area contributed by atoms with E-state index in [9.17, 15) is 8.42 Å². The van der Waals surface area contributed by atoms with Gasteiger partial charge in [0.2, 0.25) is 10.0 Å². The molecule has 0 radical (unpaired) electrons. The zero-order valence-electron chi connectivity index (χ0n) is 11.0. The summed E-state index contributed by atoms with van der Waals surface area (Å²) in [5.74, 6) is 0. The van der Waals surface area contributed by atoms with Crippen molar-refractivity contribution in [2.45, 2.75) is 30.8 Å². The van der Waals surface area contributed by atoms with Crippen molar-refractivity contribution in [1.29, 1.82) is 0 Å². The van der Waals surface area contributed by atoms with Crippen LogP contribution in [0.15, 0.2) is 23.1 Å². The molecule has 1 unspecified atom stereocenters. The highest BCUT2D eigenvalue weighted by Gasteiger charge is 2.20. The number of hydrogen-bond donors (Lipinski definition) is 2. The number of sulfonamides is 1. The van der Waals surface area contributed by atoms with E-state index in [1.54, 1.807) is 26.2 Å². The number of ether oxygens (including phenoxy) is 1. The van der Waals surface area contributed by atoms with Crippen molar-refractivity contribution in [3.8, 4) is 0 Å². The second-order valence-electron chi connectivity index (χ2n) is 4.27. The number of hydrogen-bond acceptors (Lipinski definition) is 4. The zero-order chi connectivity index (χ0) is 14.5. The first kappa shape index (κ1) is 16.4. The van der Waals surface area contributed by atoms with Crippen LogP contribution in [0.5, 0.6) is 0 Å². The molecule has 0 aliphatic carbocycles. The van der Waals surface area contributed by atoms with Crippen LogP contribution in [0.1, 0.15) is 18.9 Å². The Labute approximate surface area is 119 Å². The lowest BCUT2D eigenvalue weighted by Gasteiger charge is -2.14. The molecule has 0 fully saturated rings. The molecule has 1 aromatic rings. The van der Waals surface area contributed by atoms with E-state index in [1.807, 2.05) is 0 Å². The van der Waals surface area contributed by atoms with Crippen LogP contribution in [-0.2, 0) is 21.3 Å². The van der Waals surface area contributed by atoms with Gasteiger partial charge in [-0.1, -0.05) is 17.7 Å². The lowest BCUT2D eigenvalue weighted by atomic mass is 10.2. The van der Waals surface area contributed by atoms with Crippen LogP contribution in [0.25, 0.3) is 0 Å². The maximum absolute atomic E-state index is 12.2. The van der Waals surface area contributed by atoms with E-state index in [0.717, 1.165) is 5.56 Å². The van der Waals surface area contributed by atoms with Gasteiger partial charge in [-0.05, 0) is 31.0 Å². The number of halogens is 1. The summed E-state index contributed by atoms with van der Waals surface area (Å²) >= 11 is 5.98. The van der Waals surface area contributed by atoms with Crippen LogP contribution < -0.4 is 10.5 Å². The third-order valence-corrected chi connectivity index (χ3v) is 4.71. The van der Waals surface area contributed by atoms with Gasteiger partial charge in [0, 0.05) is 26.3 Å². The maximum Gasteiger partial charge on any atom is 0.242 e. The highest BCUT2D eigenvalue weighted by atomic mass is 35.5. The minimum Gasteiger partial charge on any atom is -0.385 e. The number of benzene rings is 1. The van der Waals surface area contributed by atoms with Gasteiger partial charge in [0.05, 0.1) is 5.02 Å². The molecule has 7 heteroatoms. The van der Waals surface area contributed by atoms with Crippen LogP contribution in [0.4, 0.5) is 0 Å². The Hall–Kier alpha value is -0.660. The van der Waals surface area contributed by atoms with E-state index >= 15 is 0 Å². The SMILES string of the molecule is COCCC(C)NS(=O)(=O)c1ccc(CN)cc1Cl. The lowest BCUT2D eigenvalue weighted by molar-refractivity contribution is 0.188. The molecule has 0 saturated carbocycles. The monoisotopic (exact) mass is 306 g/mol. The van der Waals surface area contributed by atoms with Crippen molar-refractivity contribution in [3.63, 3.8) is 0 Å². The highest BCUT2D eigenvalue weighted by Crippen LogP contribution is 2.22. The van der Waals surface area contributed by atoms with Crippen molar-refractivity contribution in [2.75, 3.05) is 13.7 Å². The molecule has 0 amide bonds. The standard InChI is InChI=1S/C12H19ClN2O3S/c1-9(5-6-18-2)15-19(16,17)12-4-3-10(8-14)7-11(12)13/h3-4,7,9,15H,5-6,8,14H2,1-2H3. The van der Waals surface area contributed by atoms with Gasteiger partial charge in [-0.2, -0.15) is 0 Å². The Morgan fingerprint density at radius 1 is 1.47 bits per heavy atom. The van der Waals surface area contributed by atoms with Gasteiger partial charge in [-0.15, -0.1) is 0 Å². The zero-order valence-corrected chi connectivity index (χ0v) is 12.6. The minimum atomic E-state index is -3.62. The smallest absolute Gasteiger partial charge is 0.242 e. The van der Waals surface area contributed by atoms with Gasteiger partial charge >= 0.3 is 0 Å². The van der Waals surface area contributed by atoms with Crippen LogP contribution >= 0.6 is 11.6 Å². The molecular formula is C12H19ClN2O3S. The third-order valence-electron chi connectivity index (χ3n) is 2.63. The largest absolute Gasteiger partial charge is 0.385 e. The quantitative estimate of drug-likeness (QED) is 0.800. The Bertz CT molecular complexity index is 520. The molecule has 1 rings (SSSR count). The molecule has 0 aromatic heterocycles. The number of rotatable bonds is 7. The highest BCUT2D eigenvalue weighted by molar-refractivity contribution is 7.89. The van der Waals surface area contributed by atoms with Crippen LogP contribution in [0.3, 0.4) is 0 Å². The predicted molar refractivity (Wildman–Crippen MR) is 75.6 cm³/mol. The first-order valence-electron chi connectivity index (χ1n) is 5.90. The van der Waals surface area contributed by atoms with E-state index in [2.05, 4.69) is 4.72 Å². The molecule has 5 nitrogen and oxygen atoms in total. The summed E-state index contributed by atoms with van der Waals surface area (Å²) in [7, 11) is -2.05. The number of nitrogens with two attached hydrogens (primary N) is 1. The van der Waals surface area contributed by atoms with Gasteiger partial charge in [-0.3, -0.25) is 0 Å². The molecule has 1 atom stereocenters. The van der Waals surface area contributed by atoms with Gasteiger partial charge in [0.25, 0.3) is 0 Å². The summed E-state index contributed by atoms with van der Waals surface area (Å²) in [5, 5.41) is 0.175.